The van der Waals surface area contributed by atoms with E-state index >= 15 is 0 Å². The number of nitrogens with one attached hydrogen (secondary N) is 2. The number of phenolic OH excluding ortho intramolecular Hbond substituents is 1. The molecule has 0 aliphatic rings. The SMILES string of the molecule is O=C(O)NCCCC(=O)NCc1cc(=O)oc2cc(O)ccc12. The molecule has 2 amide bonds. The van der Waals surface area contributed by atoms with E-state index in [9.17, 15) is 19.5 Å². The molecule has 0 spiro atoms. The third kappa shape index (κ3) is 4.73. The van der Waals surface area contributed by atoms with Crippen molar-refractivity contribution < 1.29 is 24.2 Å². The van der Waals surface area contributed by atoms with E-state index < -0.39 is 11.7 Å². The van der Waals surface area contributed by atoms with Crippen molar-refractivity contribution in [3.63, 3.8) is 0 Å². The molecule has 23 heavy (non-hydrogen) atoms. The van der Waals surface area contributed by atoms with Crippen LogP contribution in [0.4, 0.5) is 4.79 Å². The summed E-state index contributed by atoms with van der Waals surface area (Å²) < 4.78 is 5.00. The van der Waals surface area contributed by atoms with Crippen LogP contribution in [0.2, 0.25) is 0 Å². The zero-order valence-corrected chi connectivity index (χ0v) is 12.2. The number of hydrogen-bond acceptors (Lipinski definition) is 5. The summed E-state index contributed by atoms with van der Waals surface area (Å²) in [6, 6.07) is 5.68. The highest BCUT2D eigenvalue weighted by Crippen LogP contribution is 2.21. The fourth-order valence-electron chi connectivity index (χ4n) is 2.09. The quantitative estimate of drug-likeness (QED) is 0.467. The van der Waals surface area contributed by atoms with Crippen molar-refractivity contribution in [2.75, 3.05) is 6.54 Å². The molecule has 0 aliphatic heterocycles. The topological polar surface area (TPSA) is 129 Å². The van der Waals surface area contributed by atoms with Crippen LogP contribution in [0, 0.1) is 0 Å². The van der Waals surface area contributed by atoms with Crippen LogP contribution in [0.3, 0.4) is 0 Å². The number of fused-ring (bicyclic) bond motifs is 1. The molecular formula is C15H16N2O6. The summed E-state index contributed by atoms with van der Waals surface area (Å²) in [6.45, 7) is 0.331. The Labute approximate surface area is 130 Å². The Morgan fingerprint density at radius 3 is 2.70 bits per heavy atom. The minimum absolute atomic E-state index is 0.0206. The van der Waals surface area contributed by atoms with Crippen molar-refractivity contribution in [2.24, 2.45) is 0 Å². The van der Waals surface area contributed by atoms with E-state index in [4.69, 9.17) is 9.52 Å². The molecule has 2 rings (SSSR count). The van der Waals surface area contributed by atoms with Crippen molar-refractivity contribution >= 4 is 23.0 Å². The van der Waals surface area contributed by atoms with Crippen molar-refractivity contribution in [1.82, 2.24) is 10.6 Å². The van der Waals surface area contributed by atoms with Crippen molar-refractivity contribution in [1.29, 1.82) is 0 Å². The molecule has 122 valence electrons. The van der Waals surface area contributed by atoms with Crippen molar-refractivity contribution in [3.05, 3.63) is 40.2 Å². The Kier molecular flexibility index (Phi) is 5.19. The van der Waals surface area contributed by atoms with Crippen LogP contribution in [0.25, 0.3) is 11.0 Å². The fraction of sp³-hybridized carbons (Fsp3) is 0.267. The van der Waals surface area contributed by atoms with Crippen LogP contribution in [0.1, 0.15) is 18.4 Å². The van der Waals surface area contributed by atoms with Gasteiger partial charge in [0.1, 0.15) is 11.3 Å². The fourth-order valence-corrected chi connectivity index (χ4v) is 2.09. The first kappa shape index (κ1) is 16.3. The molecule has 0 saturated carbocycles. The number of amides is 2. The molecule has 0 atom stereocenters. The summed E-state index contributed by atoms with van der Waals surface area (Å²) in [5.41, 5.74) is 0.249. The van der Waals surface area contributed by atoms with Gasteiger partial charge in [0.25, 0.3) is 0 Å². The summed E-state index contributed by atoms with van der Waals surface area (Å²) in [4.78, 5) is 33.5. The molecule has 0 unspecified atom stereocenters. The van der Waals surface area contributed by atoms with Gasteiger partial charge in [-0.3, -0.25) is 4.79 Å². The molecule has 0 fully saturated rings. The summed E-state index contributed by atoms with van der Waals surface area (Å²) >= 11 is 0. The molecule has 8 nitrogen and oxygen atoms in total. The first-order chi connectivity index (χ1) is 11.0. The van der Waals surface area contributed by atoms with E-state index in [0.717, 1.165) is 0 Å². The predicted molar refractivity (Wildman–Crippen MR) is 81.3 cm³/mol. The van der Waals surface area contributed by atoms with Gasteiger partial charge in [0.2, 0.25) is 5.91 Å². The van der Waals surface area contributed by atoms with Gasteiger partial charge in [-0.15, -0.1) is 0 Å². The lowest BCUT2D eigenvalue weighted by Crippen LogP contribution is -2.26. The number of carboxylic acid groups (broad SMARTS) is 1. The average molecular weight is 320 g/mol. The molecular weight excluding hydrogens is 304 g/mol. The van der Waals surface area contributed by atoms with Crippen molar-refractivity contribution in [3.8, 4) is 5.75 Å². The lowest BCUT2D eigenvalue weighted by atomic mass is 10.1. The van der Waals surface area contributed by atoms with Gasteiger partial charge in [-0.05, 0) is 24.1 Å². The molecule has 1 aromatic heterocycles. The van der Waals surface area contributed by atoms with E-state index in [1.165, 1.54) is 18.2 Å². The Hall–Kier alpha value is -3.03. The molecule has 0 saturated heterocycles. The van der Waals surface area contributed by atoms with Crippen LogP contribution < -0.4 is 16.3 Å². The number of aromatic hydroxyl groups is 1. The van der Waals surface area contributed by atoms with Crippen LogP contribution in [-0.2, 0) is 11.3 Å². The Morgan fingerprint density at radius 2 is 1.96 bits per heavy atom. The predicted octanol–water partition coefficient (Wildman–Crippen LogP) is 1.16. The lowest BCUT2D eigenvalue weighted by Gasteiger charge is -2.08. The molecule has 1 aromatic carbocycles. The van der Waals surface area contributed by atoms with Gasteiger partial charge < -0.3 is 25.3 Å². The highest BCUT2D eigenvalue weighted by atomic mass is 16.4. The van der Waals surface area contributed by atoms with E-state index in [1.54, 1.807) is 6.07 Å². The number of rotatable bonds is 6. The van der Waals surface area contributed by atoms with Crippen LogP contribution in [0.15, 0.2) is 33.5 Å². The Balaban J connectivity index is 1.98. The monoisotopic (exact) mass is 320 g/mol. The largest absolute Gasteiger partial charge is 0.508 e. The summed E-state index contributed by atoms with van der Waals surface area (Å²) in [7, 11) is 0. The van der Waals surface area contributed by atoms with Gasteiger partial charge in [-0.1, -0.05) is 0 Å². The van der Waals surface area contributed by atoms with Gasteiger partial charge in [0.15, 0.2) is 0 Å². The van der Waals surface area contributed by atoms with Crippen LogP contribution in [-0.4, -0.2) is 28.8 Å². The van der Waals surface area contributed by atoms with Gasteiger partial charge >= 0.3 is 11.7 Å². The Morgan fingerprint density at radius 1 is 1.17 bits per heavy atom. The van der Waals surface area contributed by atoms with E-state index in [0.29, 0.717) is 17.4 Å². The summed E-state index contributed by atoms with van der Waals surface area (Å²) in [5, 5.41) is 23.3. The highest BCUT2D eigenvalue weighted by molar-refractivity contribution is 5.82. The second kappa shape index (κ2) is 7.30. The zero-order chi connectivity index (χ0) is 16.8. The number of carbonyl (C=O) groups excluding carboxylic acids is 1. The average Bonchev–Trinajstić information content (AvgIpc) is 2.48. The third-order valence-corrected chi connectivity index (χ3v) is 3.15. The highest BCUT2D eigenvalue weighted by Gasteiger charge is 2.08. The maximum Gasteiger partial charge on any atom is 0.404 e. The normalized spacial score (nSPS) is 10.4. The van der Waals surface area contributed by atoms with E-state index in [-0.39, 0.29) is 36.8 Å². The first-order valence-electron chi connectivity index (χ1n) is 6.95. The number of benzene rings is 1. The molecule has 0 radical (unpaired) electrons. The smallest absolute Gasteiger partial charge is 0.404 e. The summed E-state index contributed by atoms with van der Waals surface area (Å²) in [5.74, 6) is -0.273. The maximum absolute atomic E-state index is 11.7. The minimum Gasteiger partial charge on any atom is -0.508 e. The first-order valence-corrected chi connectivity index (χ1v) is 6.95. The van der Waals surface area contributed by atoms with E-state index in [2.05, 4.69) is 10.6 Å². The molecule has 0 aliphatic carbocycles. The third-order valence-electron chi connectivity index (χ3n) is 3.15. The maximum atomic E-state index is 11.7. The molecule has 2 aromatic rings. The molecule has 1 heterocycles. The minimum atomic E-state index is -1.13. The zero-order valence-electron chi connectivity index (χ0n) is 12.2. The number of phenols is 1. The lowest BCUT2D eigenvalue weighted by molar-refractivity contribution is -0.121. The van der Waals surface area contributed by atoms with Gasteiger partial charge in [0.05, 0.1) is 0 Å². The van der Waals surface area contributed by atoms with Gasteiger partial charge in [-0.2, -0.15) is 0 Å². The summed E-state index contributed by atoms with van der Waals surface area (Å²) in [6.07, 6.45) is -0.583. The molecule has 4 N–H and O–H groups in total. The Bertz CT molecular complexity index is 783. The number of hydrogen-bond donors (Lipinski definition) is 4. The van der Waals surface area contributed by atoms with Gasteiger partial charge in [-0.25, -0.2) is 9.59 Å². The van der Waals surface area contributed by atoms with E-state index in [1.807, 2.05) is 0 Å². The second-order valence-electron chi connectivity index (χ2n) is 4.88. The van der Waals surface area contributed by atoms with Crippen molar-refractivity contribution in [2.45, 2.75) is 19.4 Å². The number of carbonyl (C=O) groups is 2. The van der Waals surface area contributed by atoms with Gasteiger partial charge in [0, 0.05) is 37.0 Å². The van der Waals surface area contributed by atoms with Crippen LogP contribution >= 0.6 is 0 Å². The standard InChI is InChI=1S/C15H16N2O6/c18-10-3-4-11-9(6-14(20)23-12(11)7-10)8-17-13(19)2-1-5-16-15(21)22/h3-4,6-7,16,18H,1-2,5,8H2,(H,17,19)(H,21,22). The van der Waals surface area contributed by atoms with Crippen LogP contribution in [0.5, 0.6) is 5.75 Å². The second-order valence-corrected chi connectivity index (χ2v) is 4.88. The molecule has 0 bridgehead atoms. The molecule has 8 heteroatoms.